The van der Waals surface area contributed by atoms with E-state index in [0.717, 1.165) is 0 Å². The van der Waals surface area contributed by atoms with E-state index in [-0.39, 0.29) is 33.2 Å². The Morgan fingerprint density at radius 2 is 2.00 bits per heavy atom. The third kappa shape index (κ3) is 2.16. The molecule has 1 aromatic heterocycles. The fourth-order valence-corrected chi connectivity index (χ4v) is 2.15. The molecule has 0 saturated heterocycles. The molecule has 0 atom stereocenters. The van der Waals surface area contributed by atoms with Gasteiger partial charge in [0.15, 0.2) is 11.6 Å². The van der Waals surface area contributed by atoms with E-state index in [1.807, 2.05) is 19.9 Å². The molecular formula is C13H11BrF2N4. The van der Waals surface area contributed by atoms with Crippen LogP contribution in [0.2, 0.25) is 0 Å². The zero-order chi connectivity index (χ0) is 15.0. The number of anilines is 1. The van der Waals surface area contributed by atoms with Crippen LogP contribution >= 0.6 is 15.9 Å². The van der Waals surface area contributed by atoms with Crippen LogP contribution in [0.5, 0.6) is 0 Å². The van der Waals surface area contributed by atoms with E-state index in [1.54, 1.807) is 0 Å². The number of benzene rings is 1. The van der Waals surface area contributed by atoms with Crippen molar-refractivity contribution in [3.8, 4) is 17.3 Å². The van der Waals surface area contributed by atoms with E-state index in [2.05, 4.69) is 21.0 Å². The highest BCUT2D eigenvalue weighted by molar-refractivity contribution is 9.10. The molecule has 0 fully saturated rings. The molecule has 0 spiro atoms. The predicted molar refractivity (Wildman–Crippen MR) is 74.8 cm³/mol. The van der Waals surface area contributed by atoms with E-state index in [9.17, 15) is 8.78 Å². The molecule has 0 aliphatic carbocycles. The maximum Gasteiger partial charge on any atom is 0.173 e. The van der Waals surface area contributed by atoms with E-state index in [4.69, 9.17) is 11.0 Å². The molecular weight excluding hydrogens is 330 g/mol. The van der Waals surface area contributed by atoms with Crippen molar-refractivity contribution in [2.45, 2.75) is 19.9 Å². The van der Waals surface area contributed by atoms with Gasteiger partial charge in [-0.25, -0.2) is 13.5 Å². The highest BCUT2D eigenvalue weighted by Gasteiger charge is 2.23. The van der Waals surface area contributed by atoms with Crippen LogP contribution in [0.1, 0.15) is 25.5 Å². The Kier molecular flexibility index (Phi) is 3.77. The molecule has 104 valence electrons. The van der Waals surface area contributed by atoms with Gasteiger partial charge in [0, 0.05) is 11.6 Å². The van der Waals surface area contributed by atoms with Crippen molar-refractivity contribution in [2.75, 3.05) is 5.73 Å². The van der Waals surface area contributed by atoms with Crippen molar-refractivity contribution < 1.29 is 8.78 Å². The summed E-state index contributed by atoms with van der Waals surface area (Å²) in [7, 11) is 0. The first-order valence-electron chi connectivity index (χ1n) is 5.80. The monoisotopic (exact) mass is 340 g/mol. The zero-order valence-electron chi connectivity index (χ0n) is 10.8. The second kappa shape index (κ2) is 5.21. The molecule has 7 heteroatoms. The van der Waals surface area contributed by atoms with Crippen LogP contribution in [-0.4, -0.2) is 9.78 Å². The average Bonchev–Trinajstić information content (AvgIpc) is 2.73. The first kappa shape index (κ1) is 14.5. The molecule has 0 bridgehead atoms. The SMILES string of the molecule is CC(C)n1nc(-c2ccc(Br)c(F)c2F)c(C#N)c1N. The zero-order valence-corrected chi connectivity index (χ0v) is 12.4. The second-order valence-corrected chi connectivity index (χ2v) is 5.34. The van der Waals surface area contributed by atoms with E-state index >= 15 is 0 Å². The fourth-order valence-electron chi connectivity index (χ4n) is 1.85. The van der Waals surface area contributed by atoms with E-state index < -0.39 is 11.6 Å². The van der Waals surface area contributed by atoms with Gasteiger partial charge in [-0.05, 0) is 41.9 Å². The Morgan fingerprint density at radius 1 is 1.35 bits per heavy atom. The fraction of sp³-hybridized carbons (Fsp3) is 0.231. The Morgan fingerprint density at radius 3 is 2.55 bits per heavy atom. The molecule has 0 amide bonds. The summed E-state index contributed by atoms with van der Waals surface area (Å²) in [5.41, 5.74) is 5.82. The Hall–Kier alpha value is -1.94. The second-order valence-electron chi connectivity index (χ2n) is 4.48. The summed E-state index contributed by atoms with van der Waals surface area (Å²) < 4.78 is 29.0. The molecule has 0 unspecified atom stereocenters. The molecule has 2 N–H and O–H groups in total. The van der Waals surface area contributed by atoms with Gasteiger partial charge >= 0.3 is 0 Å². The number of nitriles is 1. The van der Waals surface area contributed by atoms with Crippen molar-refractivity contribution in [2.24, 2.45) is 0 Å². The minimum atomic E-state index is -1.07. The largest absolute Gasteiger partial charge is 0.383 e. The minimum absolute atomic E-state index is 0.00789. The number of halogens is 3. The van der Waals surface area contributed by atoms with Gasteiger partial charge in [0.05, 0.1) is 4.47 Å². The van der Waals surface area contributed by atoms with Crippen LogP contribution in [0.4, 0.5) is 14.6 Å². The standard InChI is InChI=1S/C13H11BrF2N4/c1-6(2)20-13(18)8(5-17)12(19-20)7-3-4-9(14)11(16)10(7)15/h3-4,6H,18H2,1-2H3. The van der Waals surface area contributed by atoms with Crippen LogP contribution in [0.3, 0.4) is 0 Å². The summed E-state index contributed by atoms with van der Waals surface area (Å²) in [5.74, 6) is -1.95. The van der Waals surface area contributed by atoms with Gasteiger partial charge in [-0.2, -0.15) is 10.4 Å². The number of nitrogen functional groups attached to an aromatic ring is 1. The molecule has 2 aromatic rings. The van der Waals surface area contributed by atoms with Gasteiger partial charge in [0.1, 0.15) is 23.1 Å². The first-order valence-corrected chi connectivity index (χ1v) is 6.59. The molecule has 0 radical (unpaired) electrons. The van der Waals surface area contributed by atoms with Crippen molar-refractivity contribution in [1.82, 2.24) is 9.78 Å². The third-order valence-corrected chi connectivity index (χ3v) is 3.45. The molecule has 0 aliphatic heterocycles. The Bertz CT molecular complexity index is 716. The number of hydrogen-bond acceptors (Lipinski definition) is 3. The molecule has 1 aromatic carbocycles. The molecule has 0 saturated carbocycles. The van der Waals surface area contributed by atoms with Gasteiger partial charge < -0.3 is 5.73 Å². The van der Waals surface area contributed by atoms with Gasteiger partial charge in [-0.1, -0.05) is 0 Å². The lowest BCUT2D eigenvalue weighted by molar-refractivity contribution is 0.505. The topological polar surface area (TPSA) is 67.6 Å². The minimum Gasteiger partial charge on any atom is -0.383 e. The predicted octanol–water partition coefficient (Wildman–Crippen LogP) is 3.63. The lowest BCUT2D eigenvalue weighted by atomic mass is 10.1. The highest BCUT2D eigenvalue weighted by atomic mass is 79.9. The van der Waals surface area contributed by atoms with Gasteiger partial charge in [-0.3, -0.25) is 0 Å². The summed E-state index contributed by atoms with van der Waals surface area (Å²) in [4.78, 5) is 0. The smallest absolute Gasteiger partial charge is 0.173 e. The Balaban J connectivity index is 2.74. The number of nitrogens with zero attached hydrogens (tertiary/aromatic N) is 3. The normalized spacial score (nSPS) is 10.8. The van der Waals surface area contributed by atoms with Crippen LogP contribution in [0.25, 0.3) is 11.3 Å². The van der Waals surface area contributed by atoms with Crippen LogP contribution in [0, 0.1) is 23.0 Å². The number of nitrogens with two attached hydrogens (primary N) is 1. The summed E-state index contributed by atoms with van der Waals surface area (Å²) in [6.45, 7) is 3.65. The third-order valence-electron chi connectivity index (χ3n) is 2.84. The number of hydrogen-bond donors (Lipinski definition) is 1. The molecule has 1 heterocycles. The number of aromatic nitrogens is 2. The van der Waals surface area contributed by atoms with Crippen LogP contribution < -0.4 is 5.73 Å². The van der Waals surface area contributed by atoms with Crippen LogP contribution in [0.15, 0.2) is 16.6 Å². The van der Waals surface area contributed by atoms with E-state index in [0.29, 0.717) is 0 Å². The molecule has 2 rings (SSSR count). The van der Waals surface area contributed by atoms with Crippen molar-refractivity contribution in [3.05, 3.63) is 33.8 Å². The van der Waals surface area contributed by atoms with Gasteiger partial charge in [-0.15, -0.1) is 0 Å². The molecule has 20 heavy (non-hydrogen) atoms. The van der Waals surface area contributed by atoms with Crippen molar-refractivity contribution in [3.63, 3.8) is 0 Å². The summed E-state index contributed by atoms with van der Waals surface area (Å²) in [5, 5.41) is 13.3. The number of rotatable bonds is 2. The maximum absolute atomic E-state index is 14.0. The molecule has 4 nitrogen and oxygen atoms in total. The summed E-state index contributed by atoms with van der Waals surface area (Å²) in [6.07, 6.45) is 0. The summed E-state index contributed by atoms with van der Waals surface area (Å²) >= 11 is 2.90. The quantitative estimate of drug-likeness (QED) is 0.849. The van der Waals surface area contributed by atoms with E-state index in [1.165, 1.54) is 16.8 Å². The first-order chi connectivity index (χ1) is 9.38. The van der Waals surface area contributed by atoms with Gasteiger partial charge in [0.2, 0.25) is 0 Å². The van der Waals surface area contributed by atoms with Crippen molar-refractivity contribution in [1.29, 1.82) is 5.26 Å². The van der Waals surface area contributed by atoms with Crippen LogP contribution in [-0.2, 0) is 0 Å². The average molecular weight is 341 g/mol. The lowest BCUT2D eigenvalue weighted by Gasteiger charge is -2.06. The summed E-state index contributed by atoms with van der Waals surface area (Å²) in [6, 6.07) is 4.51. The maximum atomic E-state index is 14.0. The highest BCUT2D eigenvalue weighted by Crippen LogP contribution is 2.33. The Labute approximate surface area is 122 Å². The van der Waals surface area contributed by atoms with Gasteiger partial charge in [0.25, 0.3) is 0 Å². The molecule has 0 aliphatic rings. The lowest BCUT2D eigenvalue weighted by Crippen LogP contribution is -2.07. The van der Waals surface area contributed by atoms with Crippen molar-refractivity contribution >= 4 is 21.7 Å².